The number of rotatable bonds is 3. The molecule has 1 saturated heterocycles. The lowest BCUT2D eigenvalue weighted by molar-refractivity contribution is 0.0678. The number of hydrogen-bond acceptors (Lipinski definition) is 3. The predicted octanol–water partition coefficient (Wildman–Crippen LogP) is 2.99. The van der Waals surface area contributed by atoms with Gasteiger partial charge in [-0.2, -0.15) is 0 Å². The van der Waals surface area contributed by atoms with E-state index < -0.39 is 0 Å². The highest BCUT2D eigenvalue weighted by molar-refractivity contribution is 6.43. The molecule has 0 bridgehead atoms. The molecule has 0 unspecified atom stereocenters. The standard InChI is InChI=1S/C15H21Cl2N3O/c1-19(2)9-10-3-5-20(6-4-10)15(21)11-7-12(16)14(17)13(18)8-11/h7-8,10H,3-6,9,18H2,1-2H3. The molecule has 1 aliphatic heterocycles. The topological polar surface area (TPSA) is 49.6 Å². The van der Waals surface area contributed by atoms with Crippen LogP contribution in [0.25, 0.3) is 0 Å². The summed E-state index contributed by atoms with van der Waals surface area (Å²) in [5.74, 6) is 0.631. The molecule has 0 spiro atoms. The third kappa shape index (κ3) is 4.02. The number of hydrogen-bond donors (Lipinski definition) is 1. The Morgan fingerprint density at radius 3 is 2.48 bits per heavy atom. The fourth-order valence-corrected chi connectivity index (χ4v) is 3.09. The van der Waals surface area contributed by atoms with Crippen LogP contribution in [0.15, 0.2) is 12.1 Å². The molecule has 0 aliphatic carbocycles. The van der Waals surface area contributed by atoms with Crippen molar-refractivity contribution in [2.75, 3.05) is 39.5 Å². The largest absolute Gasteiger partial charge is 0.397 e. The van der Waals surface area contributed by atoms with Crippen LogP contribution in [0.2, 0.25) is 10.0 Å². The first kappa shape index (κ1) is 16.4. The van der Waals surface area contributed by atoms with Crippen LogP contribution in [-0.2, 0) is 0 Å². The summed E-state index contributed by atoms with van der Waals surface area (Å²) in [5.41, 5.74) is 6.62. The average molecular weight is 330 g/mol. The lowest BCUT2D eigenvalue weighted by atomic mass is 9.96. The maximum absolute atomic E-state index is 12.5. The van der Waals surface area contributed by atoms with Crippen LogP contribution in [-0.4, -0.2) is 49.4 Å². The van der Waals surface area contributed by atoms with E-state index in [4.69, 9.17) is 28.9 Å². The Balaban J connectivity index is 2.02. The van der Waals surface area contributed by atoms with E-state index in [1.54, 1.807) is 12.1 Å². The quantitative estimate of drug-likeness (QED) is 0.867. The lowest BCUT2D eigenvalue weighted by Gasteiger charge is -2.33. The summed E-state index contributed by atoms with van der Waals surface area (Å²) in [6.07, 6.45) is 2.06. The zero-order chi connectivity index (χ0) is 15.6. The number of carbonyl (C=O) groups is 1. The van der Waals surface area contributed by atoms with Crippen molar-refractivity contribution < 1.29 is 4.79 Å². The van der Waals surface area contributed by atoms with Gasteiger partial charge in [0, 0.05) is 25.2 Å². The van der Waals surface area contributed by atoms with Crippen molar-refractivity contribution in [3.8, 4) is 0 Å². The third-order valence-corrected chi connectivity index (χ3v) is 4.65. The van der Waals surface area contributed by atoms with Gasteiger partial charge in [0.1, 0.15) is 0 Å². The normalized spacial score (nSPS) is 16.5. The highest BCUT2D eigenvalue weighted by Crippen LogP contribution is 2.30. The Kier molecular flexibility index (Phi) is 5.36. The van der Waals surface area contributed by atoms with Crippen LogP contribution in [0.1, 0.15) is 23.2 Å². The molecule has 21 heavy (non-hydrogen) atoms. The second-order valence-electron chi connectivity index (χ2n) is 5.86. The molecule has 1 heterocycles. The summed E-state index contributed by atoms with van der Waals surface area (Å²) in [5, 5.41) is 0.625. The Morgan fingerprint density at radius 2 is 1.95 bits per heavy atom. The summed E-state index contributed by atoms with van der Waals surface area (Å²) in [4.78, 5) is 16.6. The van der Waals surface area contributed by atoms with Crippen LogP contribution in [0, 0.1) is 5.92 Å². The van der Waals surface area contributed by atoms with Gasteiger partial charge in [-0.15, -0.1) is 0 Å². The molecule has 0 atom stereocenters. The average Bonchev–Trinajstić information content (AvgIpc) is 2.43. The summed E-state index contributed by atoms with van der Waals surface area (Å²) in [7, 11) is 4.16. The first-order chi connectivity index (χ1) is 9.88. The maximum Gasteiger partial charge on any atom is 0.253 e. The van der Waals surface area contributed by atoms with Gasteiger partial charge in [0.2, 0.25) is 0 Å². The van der Waals surface area contributed by atoms with E-state index in [1.165, 1.54) is 0 Å². The molecule has 2 N–H and O–H groups in total. The second kappa shape index (κ2) is 6.86. The first-order valence-corrected chi connectivity index (χ1v) is 7.82. The van der Waals surface area contributed by atoms with Gasteiger partial charge in [0.15, 0.2) is 0 Å². The molecular formula is C15H21Cl2N3O. The van der Waals surface area contributed by atoms with Crippen LogP contribution in [0.5, 0.6) is 0 Å². The number of halogens is 2. The van der Waals surface area contributed by atoms with Gasteiger partial charge >= 0.3 is 0 Å². The molecule has 1 fully saturated rings. The van der Waals surface area contributed by atoms with Crippen LogP contribution < -0.4 is 5.73 Å². The second-order valence-corrected chi connectivity index (χ2v) is 6.64. The Labute approximate surface area is 135 Å². The van der Waals surface area contributed by atoms with Gasteiger partial charge in [-0.3, -0.25) is 4.79 Å². The first-order valence-electron chi connectivity index (χ1n) is 7.07. The molecule has 1 aromatic rings. The molecule has 0 radical (unpaired) electrons. The van der Waals surface area contributed by atoms with Crippen molar-refractivity contribution in [2.24, 2.45) is 5.92 Å². The molecule has 0 aromatic heterocycles. The minimum atomic E-state index is -0.0245. The molecule has 116 valence electrons. The SMILES string of the molecule is CN(C)CC1CCN(C(=O)c2cc(N)c(Cl)c(Cl)c2)CC1. The monoisotopic (exact) mass is 329 g/mol. The summed E-state index contributed by atoms with van der Waals surface area (Å²) < 4.78 is 0. The number of nitrogens with two attached hydrogens (primary N) is 1. The molecule has 6 heteroatoms. The van der Waals surface area contributed by atoms with Crippen molar-refractivity contribution in [3.63, 3.8) is 0 Å². The molecule has 4 nitrogen and oxygen atoms in total. The van der Waals surface area contributed by atoms with E-state index in [9.17, 15) is 4.79 Å². The minimum absolute atomic E-state index is 0.0245. The van der Waals surface area contributed by atoms with E-state index in [-0.39, 0.29) is 5.91 Å². The van der Waals surface area contributed by atoms with Crippen molar-refractivity contribution in [2.45, 2.75) is 12.8 Å². The molecule has 0 saturated carbocycles. The minimum Gasteiger partial charge on any atom is -0.397 e. The number of nitrogen functional groups attached to an aromatic ring is 1. The molecule has 2 rings (SSSR count). The van der Waals surface area contributed by atoms with Crippen molar-refractivity contribution in [3.05, 3.63) is 27.7 Å². The fourth-order valence-electron chi connectivity index (χ4n) is 2.75. The Hall–Kier alpha value is -0.970. The predicted molar refractivity (Wildman–Crippen MR) is 88.1 cm³/mol. The fraction of sp³-hybridized carbons (Fsp3) is 0.533. The van der Waals surface area contributed by atoms with Gasteiger partial charge in [0.25, 0.3) is 5.91 Å². The number of benzene rings is 1. The van der Waals surface area contributed by atoms with Crippen LogP contribution in [0.3, 0.4) is 0 Å². The number of likely N-dealkylation sites (tertiary alicyclic amines) is 1. The summed E-state index contributed by atoms with van der Waals surface area (Å²) in [6, 6.07) is 3.19. The summed E-state index contributed by atoms with van der Waals surface area (Å²) in [6.45, 7) is 2.62. The Morgan fingerprint density at radius 1 is 1.33 bits per heavy atom. The zero-order valence-electron chi connectivity index (χ0n) is 12.4. The van der Waals surface area contributed by atoms with E-state index in [2.05, 4.69) is 19.0 Å². The molecule has 1 aliphatic rings. The van der Waals surface area contributed by atoms with Gasteiger partial charge in [0.05, 0.1) is 15.7 Å². The van der Waals surface area contributed by atoms with Gasteiger partial charge in [-0.1, -0.05) is 23.2 Å². The zero-order valence-corrected chi connectivity index (χ0v) is 13.9. The van der Waals surface area contributed by atoms with E-state index >= 15 is 0 Å². The number of anilines is 1. The molecule has 1 amide bonds. The maximum atomic E-state index is 12.5. The third-order valence-electron chi connectivity index (χ3n) is 3.83. The van der Waals surface area contributed by atoms with Crippen LogP contribution >= 0.6 is 23.2 Å². The Bertz CT molecular complexity index is 503. The van der Waals surface area contributed by atoms with Gasteiger partial charge < -0.3 is 15.5 Å². The van der Waals surface area contributed by atoms with E-state index in [0.717, 1.165) is 32.5 Å². The number of nitrogens with zero attached hydrogens (tertiary/aromatic N) is 2. The van der Waals surface area contributed by atoms with Crippen molar-refractivity contribution in [1.29, 1.82) is 0 Å². The summed E-state index contributed by atoms with van der Waals surface area (Å²) >= 11 is 11.9. The van der Waals surface area contributed by atoms with Gasteiger partial charge in [-0.05, 0) is 45.0 Å². The lowest BCUT2D eigenvalue weighted by Crippen LogP contribution is -2.40. The van der Waals surface area contributed by atoms with Crippen LogP contribution in [0.4, 0.5) is 5.69 Å². The van der Waals surface area contributed by atoms with Crippen molar-refractivity contribution >= 4 is 34.8 Å². The smallest absolute Gasteiger partial charge is 0.253 e. The number of piperidine rings is 1. The highest BCUT2D eigenvalue weighted by atomic mass is 35.5. The van der Waals surface area contributed by atoms with E-state index in [0.29, 0.717) is 27.2 Å². The number of amides is 1. The van der Waals surface area contributed by atoms with E-state index in [1.807, 2.05) is 4.90 Å². The number of carbonyl (C=O) groups excluding carboxylic acids is 1. The highest BCUT2D eigenvalue weighted by Gasteiger charge is 2.24. The molecular weight excluding hydrogens is 309 g/mol. The van der Waals surface area contributed by atoms with Gasteiger partial charge in [-0.25, -0.2) is 0 Å². The van der Waals surface area contributed by atoms with Crippen molar-refractivity contribution in [1.82, 2.24) is 9.80 Å². The molecule has 1 aromatic carbocycles.